The molecule has 1 atom stereocenters. The zero-order valence-electron chi connectivity index (χ0n) is 11.9. The van der Waals surface area contributed by atoms with Gasteiger partial charge in [-0.15, -0.1) is 0 Å². The highest BCUT2D eigenvalue weighted by atomic mass is 16.4. The summed E-state index contributed by atoms with van der Waals surface area (Å²) in [4.78, 5) is 13.5. The topological polar surface area (TPSA) is 40.5 Å². The van der Waals surface area contributed by atoms with E-state index in [0.717, 1.165) is 25.1 Å². The van der Waals surface area contributed by atoms with E-state index in [4.69, 9.17) is 0 Å². The number of fused-ring (bicyclic) bond motifs is 1. The average molecular weight is 281 g/mol. The third kappa shape index (κ3) is 3.14. The van der Waals surface area contributed by atoms with Crippen molar-refractivity contribution in [1.29, 1.82) is 0 Å². The standard InChI is InChI=1S/C18H19NO2/c20-18(21)12-17(15-7-2-1-3-8-15)19-11-10-14-6-4-5-9-16(14)13-19/h1-9,17H,10-13H2,(H,20,21). The van der Waals surface area contributed by atoms with Crippen LogP contribution in [0.1, 0.15) is 29.2 Å². The van der Waals surface area contributed by atoms with E-state index in [0.29, 0.717) is 0 Å². The molecule has 1 N–H and O–H groups in total. The molecule has 1 unspecified atom stereocenters. The highest BCUT2D eigenvalue weighted by molar-refractivity contribution is 5.68. The number of carboxylic acid groups (broad SMARTS) is 1. The number of benzene rings is 2. The molecule has 2 aromatic carbocycles. The summed E-state index contributed by atoms with van der Waals surface area (Å²) >= 11 is 0. The molecule has 0 saturated heterocycles. The first-order chi connectivity index (χ1) is 10.2. The Bertz CT molecular complexity index is 624. The maximum absolute atomic E-state index is 11.2. The van der Waals surface area contributed by atoms with E-state index in [-0.39, 0.29) is 12.5 Å². The van der Waals surface area contributed by atoms with E-state index < -0.39 is 5.97 Å². The summed E-state index contributed by atoms with van der Waals surface area (Å²) in [7, 11) is 0. The second kappa shape index (κ2) is 6.10. The van der Waals surface area contributed by atoms with Crippen LogP contribution in [0.25, 0.3) is 0 Å². The van der Waals surface area contributed by atoms with Gasteiger partial charge in [0, 0.05) is 19.1 Å². The van der Waals surface area contributed by atoms with E-state index in [1.165, 1.54) is 11.1 Å². The van der Waals surface area contributed by atoms with Gasteiger partial charge in [-0.1, -0.05) is 54.6 Å². The van der Waals surface area contributed by atoms with Gasteiger partial charge in [0.25, 0.3) is 0 Å². The number of nitrogens with zero attached hydrogens (tertiary/aromatic N) is 1. The van der Waals surface area contributed by atoms with E-state index in [2.05, 4.69) is 29.2 Å². The normalized spacial score (nSPS) is 16.2. The van der Waals surface area contributed by atoms with Gasteiger partial charge in [0.15, 0.2) is 0 Å². The van der Waals surface area contributed by atoms with Crippen molar-refractivity contribution in [1.82, 2.24) is 4.90 Å². The fourth-order valence-electron chi connectivity index (χ4n) is 3.08. The molecule has 1 aliphatic rings. The van der Waals surface area contributed by atoms with Crippen LogP contribution >= 0.6 is 0 Å². The van der Waals surface area contributed by atoms with Crippen LogP contribution < -0.4 is 0 Å². The Labute approximate surface area is 124 Å². The van der Waals surface area contributed by atoms with Crippen LogP contribution in [-0.2, 0) is 17.8 Å². The van der Waals surface area contributed by atoms with Crippen LogP contribution in [0, 0.1) is 0 Å². The summed E-state index contributed by atoms with van der Waals surface area (Å²) in [5.74, 6) is -0.747. The molecule has 1 aliphatic heterocycles. The van der Waals surface area contributed by atoms with Gasteiger partial charge in [0.2, 0.25) is 0 Å². The van der Waals surface area contributed by atoms with E-state index in [1.807, 2.05) is 30.3 Å². The molecule has 0 bridgehead atoms. The van der Waals surface area contributed by atoms with E-state index in [9.17, 15) is 9.90 Å². The fraction of sp³-hybridized carbons (Fsp3) is 0.278. The van der Waals surface area contributed by atoms with Crippen LogP contribution in [0.15, 0.2) is 54.6 Å². The maximum Gasteiger partial charge on any atom is 0.305 e. The predicted molar refractivity (Wildman–Crippen MR) is 82.0 cm³/mol. The Kier molecular flexibility index (Phi) is 4.02. The minimum absolute atomic E-state index is 0.0583. The third-order valence-electron chi connectivity index (χ3n) is 4.15. The molecule has 0 amide bonds. The van der Waals surface area contributed by atoms with Crippen molar-refractivity contribution in [2.75, 3.05) is 6.54 Å². The lowest BCUT2D eigenvalue weighted by atomic mass is 9.95. The van der Waals surface area contributed by atoms with Crippen molar-refractivity contribution in [3.8, 4) is 0 Å². The molecule has 3 heteroatoms. The molecule has 0 aliphatic carbocycles. The molecule has 2 aromatic rings. The monoisotopic (exact) mass is 281 g/mol. The predicted octanol–water partition coefficient (Wildman–Crippen LogP) is 3.26. The summed E-state index contributed by atoms with van der Waals surface area (Å²) in [6.45, 7) is 1.73. The first-order valence-electron chi connectivity index (χ1n) is 7.31. The summed E-state index contributed by atoms with van der Waals surface area (Å²) in [6, 6.07) is 18.3. The zero-order valence-corrected chi connectivity index (χ0v) is 11.9. The Hall–Kier alpha value is -2.13. The first kappa shape index (κ1) is 13.8. The van der Waals surface area contributed by atoms with Gasteiger partial charge in [-0.2, -0.15) is 0 Å². The molecular weight excluding hydrogens is 262 g/mol. The molecule has 0 fully saturated rings. The summed E-state index contributed by atoms with van der Waals surface area (Å²) in [5, 5.41) is 9.24. The summed E-state index contributed by atoms with van der Waals surface area (Å²) in [5.41, 5.74) is 3.78. The fourth-order valence-corrected chi connectivity index (χ4v) is 3.08. The second-order valence-corrected chi connectivity index (χ2v) is 5.51. The zero-order chi connectivity index (χ0) is 14.7. The Morgan fingerprint density at radius 3 is 2.43 bits per heavy atom. The van der Waals surface area contributed by atoms with Gasteiger partial charge in [-0.3, -0.25) is 9.69 Å². The first-order valence-corrected chi connectivity index (χ1v) is 7.31. The number of rotatable bonds is 4. The highest BCUT2D eigenvalue weighted by Crippen LogP contribution is 2.30. The van der Waals surface area contributed by atoms with Gasteiger partial charge < -0.3 is 5.11 Å². The van der Waals surface area contributed by atoms with Crippen molar-refractivity contribution in [2.24, 2.45) is 0 Å². The summed E-state index contributed by atoms with van der Waals surface area (Å²) in [6.07, 6.45) is 1.13. The maximum atomic E-state index is 11.2. The van der Waals surface area contributed by atoms with Gasteiger partial charge in [0.05, 0.1) is 6.42 Å². The van der Waals surface area contributed by atoms with Crippen LogP contribution in [0.3, 0.4) is 0 Å². The van der Waals surface area contributed by atoms with Crippen LogP contribution in [0.4, 0.5) is 0 Å². The minimum atomic E-state index is -0.747. The number of hydrogen-bond donors (Lipinski definition) is 1. The van der Waals surface area contributed by atoms with E-state index in [1.54, 1.807) is 0 Å². The average Bonchev–Trinajstić information content (AvgIpc) is 2.53. The van der Waals surface area contributed by atoms with Crippen molar-refractivity contribution in [3.05, 3.63) is 71.3 Å². The number of aliphatic carboxylic acids is 1. The van der Waals surface area contributed by atoms with Crippen molar-refractivity contribution in [2.45, 2.75) is 25.4 Å². The minimum Gasteiger partial charge on any atom is -0.481 e. The van der Waals surface area contributed by atoms with Crippen LogP contribution in [0.5, 0.6) is 0 Å². The molecule has 21 heavy (non-hydrogen) atoms. The van der Waals surface area contributed by atoms with Crippen molar-refractivity contribution in [3.63, 3.8) is 0 Å². The van der Waals surface area contributed by atoms with Crippen LogP contribution in [0.2, 0.25) is 0 Å². The second-order valence-electron chi connectivity index (χ2n) is 5.51. The lowest BCUT2D eigenvalue weighted by Gasteiger charge is -2.35. The summed E-state index contributed by atoms with van der Waals surface area (Å²) < 4.78 is 0. The molecule has 0 spiro atoms. The van der Waals surface area contributed by atoms with Gasteiger partial charge in [-0.25, -0.2) is 0 Å². The quantitative estimate of drug-likeness (QED) is 0.935. The number of hydrogen-bond acceptors (Lipinski definition) is 2. The van der Waals surface area contributed by atoms with Gasteiger partial charge in [0.1, 0.15) is 0 Å². The molecule has 0 aromatic heterocycles. The highest BCUT2D eigenvalue weighted by Gasteiger charge is 2.26. The van der Waals surface area contributed by atoms with Crippen molar-refractivity contribution >= 4 is 5.97 Å². The van der Waals surface area contributed by atoms with Crippen molar-refractivity contribution < 1.29 is 9.90 Å². The largest absolute Gasteiger partial charge is 0.481 e. The lowest BCUT2D eigenvalue weighted by molar-refractivity contribution is -0.138. The number of carbonyl (C=O) groups is 1. The molecule has 3 nitrogen and oxygen atoms in total. The van der Waals surface area contributed by atoms with Crippen LogP contribution in [-0.4, -0.2) is 22.5 Å². The van der Waals surface area contributed by atoms with Gasteiger partial charge >= 0.3 is 5.97 Å². The Morgan fingerprint density at radius 1 is 1.05 bits per heavy atom. The smallest absolute Gasteiger partial charge is 0.305 e. The third-order valence-corrected chi connectivity index (χ3v) is 4.15. The molecule has 3 rings (SSSR count). The molecular formula is C18H19NO2. The lowest BCUT2D eigenvalue weighted by Crippen LogP contribution is -2.35. The number of carboxylic acids is 1. The molecule has 0 radical (unpaired) electrons. The van der Waals surface area contributed by atoms with E-state index >= 15 is 0 Å². The Balaban J connectivity index is 1.86. The Morgan fingerprint density at radius 2 is 1.71 bits per heavy atom. The molecule has 1 heterocycles. The SMILES string of the molecule is O=C(O)CC(c1ccccc1)N1CCc2ccccc2C1. The molecule has 108 valence electrons. The van der Waals surface area contributed by atoms with Gasteiger partial charge in [-0.05, 0) is 23.1 Å². The molecule has 0 saturated carbocycles.